The summed E-state index contributed by atoms with van der Waals surface area (Å²) in [5.74, 6) is -1.20. The van der Waals surface area contributed by atoms with Crippen LogP contribution >= 0.6 is 0 Å². The Balaban J connectivity index is 2.27. The number of non-ortho nitro benzene ring substituents is 1. The Morgan fingerprint density at radius 3 is 2.81 bits per heavy atom. The van der Waals surface area contributed by atoms with Crippen LogP contribution in [0.1, 0.15) is 18.9 Å². The summed E-state index contributed by atoms with van der Waals surface area (Å²) >= 11 is 0. The number of benzene rings is 1. The quantitative estimate of drug-likeness (QED) is 0.507. The number of nitrogens with zero attached hydrogens (tertiary/aromatic N) is 2. The maximum atomic E-state index is 12.0. The molecule has 0 saturated heterocycles. The number of amides is 1. The summed E-state index contributed by atoms with van der Waals surface area (Å²) in [6.07, 6.45) is 1.96. The van der Waals surface area contributed by atoms with Crippen LogP contribution in [0.25, 0.3) is 0 Å². The van der Waals surface area contributed by atoms with Crippen molar-refractivity contribution in [3.05, 3.63) is 45.5 Å². The summed E-state index contributed by atoms with van der Waals surface area (Å²) < 4.78 is 0. The molecule has 0 aromatic heterocycles. The van der Waals surface area contributed by atoms with Crippen LogP contribution in [0.5, 0.6) is 0 Å². The first-order valence-corrected chi connectivity index (χ1v) is 6.44. The van der Waals surface area contributed by atoms with E-state index in [1.54, 1.807) is 6.92 Å². The molecule has 0 spiro atoms. The Labute approximate surface area is 120 Å². The van der Waals surface area contributed by atoms with Crippen LogP contribution in [0.3, 0.4) is 0 Å². The number of carboxylic acids is 1. The summed E-state index contributed by atoms with van der Waals surface area (Å²) in [7, 11) is 0. The lowest BCUT2D eigenvalue weighted by Crippen LogP contribution is -2.27. The van der Waals surface area contributed by atoms with Crippen molar-refractivity contribution in [3.8, 4) is 0 Å². The Hall–Kier alpha value is -2.70. The predicted octanol–water partition coefficient (Wildman–Crippen LogP) is 1.90. The van der Waals surface area contributed by atoms with Gasteiger partial charge in [-0.2, -0.15) is 0 Å². The summed E-state index contributed by atoms with van der Waals surface area (Å²) in [5.41, 5.74) is 1.37. The predicted molar refractivity (Wildman–Crippen MR) is 75.2 cm³/mol. The van der Waals surface area contributed by atoms with Gasteiger partial charge in [0, 0.05) is 29.9 Å². The highest BCUT2D eigenvalue weighted by Gasteiger charge is 2.28. The number of carbonyl (C=O) groups is 2. The van der Waals surface area contributed by atoms with Crippen LogP contribution in [-0.4, -0.2) is 28.5 Å². The number of nitro benzene ring substituents is 1. The molecule has 21 heavy (non-hydrogen) atoms. The number of nitro groups is 1. The summed E-state index contributed by atoms with van der Waals surface area (Å²) in [6, 6.07) is 4.25. The van der Waals surface area contributed by atoms with Crippen LogP contribution in [0, 0.1) is 10.1 Å². The zero-order valence-corrected chi connectivity index (χ0v) is 11.4. The lowest BCUT2D eigenvalue weighted by molar-refractivity contribution is -0.384. The second-order valence-corrected chi connectivity index (χ2v) is 4.64. The lowest BCUT2D eigenvalue weighted by Gasteiger charge is -2.15. The molecule has 1 amide bonds. The largest absolute Gasteiger partial charge is 0.478 e. The highest BCUT2D eigenvalue weighted by Crippen LogP contribution is 2.31. The molecule has 1 aliphatic rings. The van der Waals surface area contributed by atoms with E-state index in [-0.39, 0.29) is 30.1 Å². The minimum Gasteiger partial charge on any atom is -0.478 e. The van der Waals surface area contributed by atoms with Gasteiger partial charge in [-0.25, -0.2) is 4.79 Å². The van der Waals surface area contributed by atoms with Gasteiger partial charge in [0.05, 0.1) is 11.3 Å². The molecule has 1 aromatic carbocycles. The van der Waals surface area contributed by atoms with Gasteiger partial charge in [0.25, 0.3) is 5.69 Å². The number of rotatable bonds is 5. The van der Waals surface area contributed by atoms with Crippen molar-refractivity contribution in [1.82, 2.24) is 0 Å². The molecule has 1 N–H and O–H groups in total. The second-order valence-electron chi connectivity index (χ2n) is 4.64. The van der Waals surface area contributed by atoms with Gasteiger partial charge >= 0.3 is 5.97 Å². The number of hydrogen-bond donors (Lipinski definition) is 1. The third-order valence-corrected chi connectivity index (χ3v) is 3.38. The van der Waals surface area contributed by atoms with Crippen LogP contribution in [0.4, 0.5) is 11.4 Å². The molecule has 1 aromatic rings. The van der Waals surface area contributed by atoms with Crippen LogP contribution in [-0.2, 0) is 16.0 Å². The van der Waals surface area contributed by atoms with Crippen molar-refractivity contribution >= 4 is 23.3 Å². The molecular weight excluding hydrogens is 276 g/mol. The van der Waals surface area contributed by atoms with Crippen LogP contribution < -0.4 is 4.90 Å². The van der Waals surface area contributed by atoms with E-state index < -0.39 is 10.9 Å². The zero-order chi connectivity index (χ0) is 15.6. The van der Waals surface area contributed by atoms with Crippen molar-refractivity contribution in [2.45, 2.75) is 19.8 Å². The summed E-state index contributed by atoms with van der Waals surface area (Å²) in [6.45, 7) is 1.88. The second kappa shape index (κ2) is 5.74. The van der Waals surface area contributed by atoms with E-state index >= 15 is 0 Å². The number of carboxylic acid groups (broad SMARTS) is 1. The SMILES string of the molecule is CCC(=CCN1C(=O)Cc2cc([N+](=O)[O-])ccc21)C(=O)O. The molecule has 0 fully saturated rings. The molecule has 2 rings (SSSR count). The standard InChI is InChI=1S/C14H14N2O5/c1-2-9(14(18)19)5-6-15-12-4-3-11(16(20)21)7-10(12)8-13(15)17/h3-5,7H,2,6,8H2,1H3,(H,18,19). The molecule has 0 radical (unpaired) electrons. The first-order chi connectivity index (χ1) is 9.93. The molecule has 1 aliphatic heterocycles. The summed E-state index contributed by atoms with van der Waals surface area (Å²) in [4.78, 5) is 34.6. The molecule has 0 aliphatic carbocycles. The first-order valence-electron chi connectivity index (χ1n) is 6.44. The average Bonchev–Trinajstić information content (AvgIpc) is 2.74. The molecule has 0 bridgehead atoms. The molecule has 0 atom stereocenters. The van der Waals surface area contributed by atoms with Gasteiger partial charge in [-0.15, -0.1) is 0 Å². The van der Waals surface area contributed by atoms with Crippen LogP contribution in [0.15, 0.2) is 29.8 Å². The van der Waals surface area contributed by atoms with Gasteiger partial charge in [-0.3, -0.25) is 14.9 Å². The number of anilines is 1. The molecular formula is C14H14N2O5. The van der Waals surface area contributed by atoms with Crippen molar-refractivity contribution in [1.29, 1.82) is 0 Å². The van der Waals surface area contributed by atoms with E-state index in [9.17, 15) is 19.7 Å². The van der Waals surface area contributed by atoms with Gasteiger partial charge in [-0.1, -0.05) is 13.0 Å². The van der Waals surface area contributed by atoms with Crippen LogP contribution in [0.2, 0.25) is 0 Å². The number of aliphatic carboxylic acids is 1. The van der Waals surface area contributed by atoms with Gasteiger partial charge in [-0.05, 0) is 18.1 Å². The van der Waals surface area contributed by atoms with Crippen molar-refractivity contribution in [3.63, 3.8) is 0 Å². The molecule has 1 heterocycles. The van der Waals surface area contributed by atoms with E-state index in [0.717, 1.165) is 0 Å². The Bertz CT molecular complexity index is 651. The number of carbonyl (C=O) groups excluding carboxylic acids is 1. The maximum Gasteiger partial charge on any atom is 0.331 e. The number of hydrogen-bond acceptors (Lipinski definition) is 4. The van der Waals surface area contributed by atoms with Crippen molar-refractivity contribution in [2.24, 2.45) is 0 Å². The smallest absolute Gasteiger partial charge is 0.331 e. The third kappa shape index (κ3) is 2.91. The van der Waals surface area contributed by atoms with E-state index in [2.05, 4.69) is 0 Å². The normalized spacial score (nSPS) is 14.2. The van der Waals surface area contributed by atoms with Gasteiger partial charge in [0.1, 0.15) is 0 Å². The van der Waals surface area contributed by atoms with Crippen molar-refractivity contribution in [2.75, 3.05) is 11.4 Å². The highest BCUT2D eigenvalue weighted by molar-refractivity contribution is 6.02. The van der Waals surface area contributed by atoms with Gasteiger partial charge < -0.3 is 10.0 Å². The molecule has 110 valence electrons. The van der Waals surface area contributed by atoms with E-state index in [1.165, 1.54) is 29.2 Å². The van der Waals surface area contributed by atoms with E-state index in [1.807, 2.05) is 0 Å². The lowest BCUT2D eigenvalue weighted by atomic mass is 10.1. The van der Waals surface area contributed by atoms with E-state index in [4.69, 9.17) is 5.11 Å². The monoisotopic (exact) mass is 290 g/mol. The van der Waals surface area contributed by atoms with Gasteiger partial charge in [0.2, 0.25) is 5.91 Å². The fourth-order valence-corrected chi connectivity index (χ4v) is 2.27. The molecule has 0 saturated carbocycles. The van der Waals surface area contributed by atoms with Crippen molar-refractivity contribution < 1.29 is 19.6 Å². The fraction of sp³-hybridized carbons (Fsp3) is 0.286. The minimum atomic E-state index is -1.01. The average molecular weight is 290 g/mol. The number of fused-ring (bicyclic) bond motifs is 1. The minimum absolute atomic E-state index is 0.0567. The van der Waals surface area contributed by atoms with E-state index in [0.29, 0.717) is 17.7 Å². The Kier molecular flexibility index (Phi) is 4.02. The molecule has 7 heteroatoms. The Morgan fingerprint density at radius 2 is 2.24 bits per heavy atom. The third-order valence-electron chi connectivity index (χ3n) is 3.38. The molecule has 7 nitrogen and oxygen atoms in total. The summed E-state index contributed by atoms with van der Waals surface area (Å²) in [5, 5.41) is 19.7. The Morgan fingerprint density at radius 1 is 1.52 bits per heavy atom. The fourth-order valence-electron chi connectivity index (χ4n) is 2.27. The molecule has 0 unspecified atom stereocenters. The van der Waals surface area contributed by atoms with Gasteiger partial charge in [0.15, 0.2) is 0 Å². The first kappa shape index (κ1) is 14.7. The topological polar surface area (TPSA) is 101 Å². The highest BCUT2D eigenvalue weighted by atomic mass is 16.6. The zero-order valence-electron chi connectivity index (χ0n) is 11.4. The maximum absolute atomic E-state index is 12.0.